The maximum Gasteiger partial charge on any atom is 0.191 e. The van der Waals surface area contributed by atoms with E-state index >= 15 is 0 Å². The van der Waals surface area contributed by atoms with Crippen LogP contribution in [0.5, 0.6) is 0 Å². The van der Waals surface area contributed by atoms with Gasteiger partial charge in [-0.2, -0.15) is 11.8 Å². The minimum Gasteiger partial charge on any atom is -0.353 e. The van der Waals surface area contributed by atoms with Gasteiger partial charge >= 0.3 is 0 Å². The van der Waals surface area contributed by atoms with Gasteiger partial charge in [-0.25, -0.2) is 4.98 Å². The molecule has 19 heavy (non-hydrogen) atoms. The van der Waals surface area contributed by atoms with Gasteiger partial charge in [-0.15, -0.1) is 11.3 Å². The number of aromatic nitrogens is 1. The molecule has 1 fully saturated rings. The maximum atomic E-state index is 4.53. The van der Waals surface area contributed by atoms with Crippen LogP contribution < -0.4 is 10.6 Å². The molecule has 0 spiro atoms. The van der Waals surface area contributed by atoms with Crippen molar-refractivity contribution in [2.24, 2.45) is 4.99 Å². The summed E-state index contributed by atoms with van der Waals surface area (Å²) in [6.07, 6.45) is 2.54. The molecule has 1 aliphatic heterocycles. The lowest BCUT2D eigenvalue weighted by molar-refractivity contribution is 0.582. The molecule has 4 nitrogen and oxygen atoms in total. The highest BCUT2D eigenvalue weighted by atomic mass is 32.2. The molecule has 2 N–H and O–H groups in total. The Kier molecular flexibility index (Phi) is 5.51. The van der Waals surface area contributed by atoms with Crippen molar-refractivity contribution in [1.29, 1.82) is 0 Å². The van der Waals surface area contributed by atoms with E-state index in [-0.39, 0.29) is 0 Å². The summed E-state index contributed by atoms with van der Waals surface area (Å²) >= 11 is 3.77. The molecular formula is C13H22N4S2. The van der Waals surface area contributed by atoms with Crippen molar-refractivity contribution >= 4 is 29.1 Å². The average molecular weight is 298 g/mol. The van der Waals surface area contributed by atoms with Crippen LogP contribution in [0.15, 0.2) is 4.99 Å². The van der Waals surface area contributed by atoms with Gasteiger partial charge in [-0.1, -0.05) is 0 Å². The Morgan fingerprint density at radius 2 is 2.32 bits per heavy atom. The lowest BCUT2D eigenvalue weighted by Crippen LogP contribution is -2.45. The molecule has 6 heteroatoms. The van der Waals surface area contributed by atoms with Crippen LogP contribution in [-0.4, -0.2) is 35.5 Å². The standard InChI is InChI=1S/C13H22N4S2/c1-9-10(2)19-12(16-9)7-15-13(14-3)17-11-5-4-6-18-8-11/h11H,4-8H2,1-3H3,(H2,14,15,17). The summed E-state index contributed by atoms with van der Waals surface area (Å²) in [6, 6.07) is 0.546. The van der Waals surface area contributed by atoms with Crippen molar-refractivity contribution in [1.82, 2.24) is 15.6 Å². The van der Waals surface area contributed by atoms with Gasteiger partial charge < -0.3 is 10.6 Å². The number of aryl methyl sites for hydroxylation is 2. The third kappa shape index (κ3) is 4.38. The summed E-state index contributed by atoms with van der Waals surface area (Å²) < 4.78 is 0. The molecule has 106 valence electrons. The van der Waals surface area contributed by atoms with E-state index in [0.717, 1.165) is 23.2 Å². The zero-order valence-electron chi connectivity index (χ0n) is 11.8. The molecular weight excluding hydrogens is 276 g/mol. The molecule has 0 amide bonds. The fourth-order valence-electron chi connectivity index (χ4n) is 2.02. The van der Waals surface area contributed by atoms with Crippen molar-refractivity contribution in [2.45, 2.75) is 39.3 Å². The van der Waals surface area contributed by atoms with Crippen LogP contribution in [0.3, 0.4) is 0 Å². The zero-order chi connectivity index (χ0) is 13.7. The minimum atomic E-state index is 0.546. The highest BCUT2D eigenvalue weighted by molar-refractivity contribution is 7.99. The number of guanidine groups is 1. The highest BCUT2D eigenvalue weighted by Crippen LogP contribution is 2.17. The molecule has 1 atom stereocenters. The summed E-state index contributed by atoms with van der Waals surface area (Å²) in [7, 11) is 1.82. The van der Waals surface area contributed by atoms with Gasteiger partial charge in [0.05, 0.1) is 12.2 Å². The van der Waals surface area contributed by atoms with Gasteiger partial charge in [-0.05, 0) is 32.4 Å². The monoisotopic (exact) mass is 298 g/mol. The van der Waals surface area contributed by atoms with Crippen molar-refractivity contribution in [2.75, 3.05) is 18.6 Å². The lowest BCUT2D eigenvalue weighted by Gasteiger charge is -2.24. The molecule has 0 radical (unpaired) electrons. The Bertz CT molecular complexity index is 416. The third-order valence-electron chi connectivity index (χ3n) is 3.20. The number of thioether (sulfide) groups is 1. The first kappa shape index (κ1) is 14.7. The number of hydrogen-bond donors (Lipinski definition) is 2. The molecule has 1 aromatic heterocycles. The molecule has 0 aliphatic carbocycles. The number of rotatable bonds is 3. The summed E-state index contributed by atoms with van der Waals surface area (Å²) in [5.74, 6) is 3.36. The van der Waals surface area contributed by atoms with Crippen LogP contribution in [0.1, 0.15) is 28.4 Å². The number of aliphatic imine (C=N–C) groups is 1. The quantitative estimate of drug-likeness (QED) is 0.664. The Labute approximate surface area is 123 Å². The highest BCUT2D eigenvalue weighted by Gasteiger charge is 2.15. The van der Waals surface area contributed by atoms with Gasteiger partial charge in [0.1, 0.15) is 5.01 Å². The second-order valence-electron chi connectivity index (χ2n) is 4.73. The zero-order valence-corrected chi connectivity index (χ0v) is 13.5. The summed E-state index contributed by atoms with van der Waals surface area (Å²) in [6.45, 7) is 4.92. The molecule has 1 unspecified atom stereocenters. The van der Waals surface area contributed by atoms with Gasteiger partial charge in [0, 0.05) is 23.7 Å². The van der Waals surface area contributed by atoms with Gasteiger partial charge in [-0.3, -0.25) is 4.99 Å². The lowest BCUT2D eigenvalue weighted by atomic mass is 10.2. The SMILES string of the molecule is CN=C(NCc1nc(C)c(C)s1)NC1CCCSC1. The molecule has 0 bridgehead atoms. The van der Waals surface area contributed by atoms with E-state index < -0.39 is 0 Å². The molecule has 2 rings (SSSR count). The number of hydrogen-bond acceptors (Lipinski definition) is 4. The first-order valence-corrected chi connectivity index (χ1v) is 8.64. The van der Waals surface area contributed by atoms with Crippen LogP contribution in [0, 0.1) is 13.8 Å². The smallest absolute Gasteiger partial charge is 0.191 e. The minimum absolute atomic E-state index is 0.546. The first-order chi connectivity index (χ1) is 9.19. The molecule has 1 aromatic rings. The van der Waals surface area contributed by atoms with Crippen molar-refractivity contribution < 1.29 is 0 Å². The van der Waals surface area contributed by atoms with E-state index in [2.05, 4.69) is 34.5 Å². The Morgan fingerprint density at radius 1 is 1.47 bits per heavy atom. The normalized spacial score (nSPS) is 20.4. The second kappa shape index (κ2) is 7.14. The van der Waals surface area contributed by atoms with Crippen LogP contribution in [-0.2, 0) is 6.54 Å². The van der Waals surface area contributed by atoms with Gasteiger partial charge in [0.15, 0.2) is 5.96 Å². The van der Waals surface area contributed by atoms with E-state index in [1.54, 1.807) is 11.3 Å². The fourth-order valence-corrected chi connectivity index (χ4v) is 3.96. The molecule has 1 aliphatic rings. The molecule has 0 aromatic carbocycles. The van der Waals surface area contributed by atoms with Crippen LogP contribution in [0.25, 0.3) is 0 Å². The van der Waals surface area contributed by atoms with Crippen LogP contribution in [0.4, 0.5) is 0 Å². The number of nitrogens with zero attached hydrogens (tertiary/aromatic N) is 2. The molecule has 0 saturated carbocycles. The summed E-state index contributed by atoms with van der Waals surface area (Å²) in [5.41, 5.74) is 1.13. The number of thiazole rings is 1. The first-order valence-electron chi connectivity index (χ1n) is 6.67. The predicted octanol–water partition coefficient (Wildman–Crippen LogP) is 2.32. The van der Waals surface area contributed by atoms with Gasteiger partial charge in [0.25, 0.3) is 0 Å². The Balaban J connectivity index is 1.82. The average Bonchev–Trinajstić information content (AvgIpc) is 2.75. The summed E-state index contributed by atoms with van der Waals surface area (Å²) in [4.78, 5) is 10.1. The topological polar surface area (TPSA) is 49.3 Å². The van der Waals surface area contributed by atoms with Crippen molar-refractivity contribution in [3.05, 3.63) is 15.6 Å². The van der Waals surface area contributed by atoms with E-state index in [1.165, 1.54) is 29.2 Å². The maximum absolute atomic E-state index is 4.53. The van der Waals surface area contributed by atoms with Crippen LogP contribution in [0.2, 0.25) is 0 Å². The van der Waals surface area contributed by atoms with E-state index in [4.69, 9.17) is 0 Å². The third-order valence-corrected chi connectivity index (χ3v) is 5.49. The Morgan fingerprint density at radius 3 is 2.89 bits per heavy atom. The van der Waals surface area contributed by atoms with Crippen LogP contribution >= 0.6 is 23.1 Å². The Hall–Kier alpha value is -0.750. The van der Waals surface area contributed by atoms with E-state index in [9.17, 15) is 0 Å². The van der Waals surface area contributed by atoms with Crippen molar-refractivity contribution in [3.8, 4) is 0 Å². The largest absolute Gasteiger partial charge is 0.353 e. The second-order valence-corrected chi connectivity index (χ2v) is 7.17. The molecule has 2 heterocycles. The summed E-state index contributed by atoms with van der Waals surface area (Å²) in [5, 5.41) is 7.96. The molecule has 1 saturated heterocycles. The fraction of sp³-hybridized carbons (Fsp3) is 0.692. The van der Waals surface area contributed by atoms with Crippen molar-refractivity contribution in [3.63, 3.8) is 0 Å². The van der Waals surface area contributed by atoms with E-state index in [0.29, 0.717) is 6.04 Å². The van der Waals surface area contributed by atoms with E-state index in [1.807, 2.05) is 18.8 Å². The predicted molar refractivity (Wildman–Crippen MR) is 85.3 cm³/mol. The van der Waals surface area contributed by atoms with Gasteiger partial charge in [0.2, 0.25) is 0 Å². The number of nitrogens with one attached hydrogen (secondary N) is 2.